The zero-order chi connectivity index (χ0) is 19.8. The molecule has 2 aromatic carbocycles. The second-order valence-electron chi connectivity index (χ2n) is 5.98. The summed E-state index contributed by atoms with van der Waals surface area (Å²) >= 11 is 3.32. The summed E-state index contributed by atoms with van der Waals surface area (Å²) < 4.78 is 22.1. The molecule has 1 aliphatic rings. The normalized spacial score (nSPS) is 12.2. The van der Waals surface area contributed by atoms with Crippen LogP contribution in [0.15, 0.2) is 46.9 Å². The lowest BCUT2D eigenvalue weighted by Crippen LogP contribution is -2.31. The number of hydrogen-bond donors (Lipinski definition) is 1. The molecule has 0 saturated carbocycles. The van der Waals surface area contributed by atoms with Gasteiger partial charge in [0.2, 0.25) is 0 Å². The van der Waals surface area contributed by atoms with Crippen LogP contribution in [0.5, 0.6) is 17.2 Å². The van der Waals surface area contributed by atoms with Crippen LogP contribution >= 0.6 is 15.9 Å². The van der Waals surface area contributed by atoms with Gasteiger partial charge in [-0.05, 0) is 42.3 Å². The highest BCUT2D eigenvalue weighted by Crippen LogP contribution is 2.30. The Morgan fingerprint density at radius 2 is 1.86 bits per heavy atom. The maximum absolute atomic E-state index is 11.8. The van der Waals surface area contributed by atoms with E-state index in [1.807, 2.05) is 24.3 Å². The molecule has 0 radical (unpaired) electrons. The van der Waals surface area contributed by atoms with E-state index in [0.717, 1.165) is 21.5 Å². The molecule has 1 amide bonds. The van der Waals surface area contributed by atoms with Crippen LogP contribution in [0.2, 0.25) is 0 Å². The van der Waals surface area contributed by atoms with Crippen molar-refractivity contribution in [2.24, 2.45) is 0 Å². The monoisotopic (exact) mass is 449 g/mol. The molecule has 148 valence electrons. The van der Waals surface area contributed by atoms with Crippen molar-refractivity contribution < 1.29 is 28.5 Å². The van der Waals surface area contributed by atoms with Gasteiger partial charge in [0.25, 0.3) is 5.91 Å². The summed E-state index contributed by atoms with van der Waals surface area (Å²) in [6.07, 6.45) is 0.627. The molecular weight excluding hydrogens is 430 g/mol. The van der Waals surface area contributed by atoms with Crippen LogP contribution in [0.4, 0.5) is 0 Å². The van der Waals surface area contributed by atoms with Crippen molar-refractivity contribution in [3.05, 3.63) is 52.5 Å². The van der Waals surface area contributed by atoms with Gasteiger partial charge in [0.1, 0.15) is 19.0 Å². The second-order valence-corrected chi connectivity index (χ2v) is 6.90. The van der Waals surface area contributed by atoms with Gasteiger partial charge in [0.05, 0.1) is 0 Å². The number of amides is 1. The van der Waals surface area contributed by atoms with Gasteiger partial charge in [0, 0.05) is 11.0 Å². The summed E-state index contributed by atoms with van der Waals surface area (Å²) in [4.78, 5) is 23.5. The zero-order valence-electron chi connectivity index (χ0n) is 15.1. The van der Waals surface area contributed by atoms with Gasteiger partial charge >= 0.3 is 5.97 Å². The third-order valence-electron chi connectivity index (χ3n) is 3.86. The smallest absolute Gasteiger partial charge is 0.344 e. The Balaban J connectivity index is 1.32. The van der Waals surface area contributed by atoms with Crippen LogP contribution in [-0.2, 0) is 20.7 Å². The second kappa shape index (κ2) is 9.98. The standard InChI is InChI=1S/C20H20BrNO6/c21-15-2-1-3-16(11-15)27-13-20(24)28-12-19(23)22-7-6-14-4-5-17-18(10-14)26-9-8-25-17/h1-5,10-11H,6-9,12-13H2,(H,22,23). The molecule has 1 N–H and O–H groups in total. The molecule has 0 aromatic heterocycles. The lowest BCUT2D eigenvalue weighted by Gasteiger charge is -2.18. The summed E-state index contributed by atoms with van der Waals surface area (Å²) in [7, 11) is 0. The van der Waals surface area contributed by atoms with Gasteiger partial charge in [-0.3, -0.25) is 4.79 Å². The minimum absolute atomic E-state index is 0.263. The third-order valence-corrected chi connectivity index (χ3v) is 4.35. The average molecular weight is 450 g/mol. The SMILES string of the molecule is O=C(COC(=O)COc1cccc(Br)c1)NCCc1ccc2c(c1)OCCO2. The highest BCUT2D eigenvalue weighted by molar-refractivity contribution is 9.10. The molecule has 0 unspecified atom stereocenters. The predicted octanol–water partition coefficient (Wildman–Crippen LogP) is 2.50. The highest BCUT2D eigenvalue weighted by atomic mass is 79.9. The van der Waals surface area contributed by atoms with E-state index in [9.17, 15) is 9.59 Å². The predicted molar refractivity (Wildman–Crippen MR) is 105 cm³/mol. The Bertz CT molecular complexity index is 841. The van der Waals surface area contributed by atoms with E-state index in [1.54, 1.807) is 18.2 Å². The molecule has 28 heavy (non-hydrogen) atoms. The molecule has 0 spiro atoms. The van der Waals surface area contributed by atoms with E-state index in [1.165, 1.54) is 0 Å². The van der Waals surface area contributed by atoms with Gasteiger partial charge in [-0.15, -0.1) is 0 Å². The van der Waals surface area contributed by atoms with Crippen molar-refractivity contribution in [1.82, 2.24) is 5.32 Å². The number of fused-ring (bicyclic) bond motifs is 1. The molecule has 0 bridgehead atoms. The first kappa shape index (κ1) is 20.0. The maximum atomic E-state index is 11.8. The summed E-state index contributed by atoms with van der Waals surface area (Å²) in [5.41, 5.74) is 1.02. The van der Waals surface area contributed by atoms with E-state index >= 15 is 0 Å². The van der Waals surface area contributed by atoms with Crippen molar-refractivity contribution >= 4 is 27.8 Å². The quantitative estimate of drug-likeness (QED) is 0.623. The Hall–Kier alpha value is -2.74. The van der Waals surface area contributed by atoms with Crippen LogP contribution < -0.4 is 19.5 Å². The summed E-state index contributed by atoms with van der Waals surface area (Å²) in [6, 6.07) is 12.8. The van der Waals surface area contributed by atoms with Gasteiger partial charge in [-0.2, -0.15) is 0 Å². The average Bonchev–Trinajstić information content (AvgIpc) is 2.71. The van der Waals surface area contributed by atoms with E-state index < -0.39 is 5.97 Å². The fraction of sp³-hybridized carbons (Fsp3) is 0.300. The van der Waals surface area contributed by atoms with Crippen LogP contribution in [0.25, 0.3) is 0 Å². The number of benzene rings is 2. The zero-order valence-corrected chi connectivity index (χ0v) is 16.7. The Kier molecular flexibility index (Phi) is 7.13. The summed E-state index contributed by atoms with van der Waals surface area (Å²) in [5, 5.41) is 2.71. The molecule has 0 saturated heterocycles. The Labute approximate surface area is 171 Å². The lowest BCUT2D eigenvalue weighted by atomic mass is 10.1. The number of carbonyl (C=O) groups excluding carboxylic acids is 2. The van der Waals surface area contributed by atoms with Crippen LogP contribution in [0, 0.1) is 0 Å². The van der Waals surface area contributed by atoms with E-state index in [0.29, 0.717) is 31.9 Å². The molecule has 0 atom stereocenters. The Morgan fingerprint density at radius 1 is 1.04 bits per heavy atom. The molecule has 1 heterocycles. The molecule has 1 aliphatic heterocycles. The van der Waals surface area contributed by atoms with Crippen molar-refractivity contribution in [3.63, 3.8) is 0 Å². The fourth-order valence-electron chi connectivity index (χ4n) is 2.53. The summed E-state index contributed by atoms with van der Waals surface area (Å²) in [6.45, 7) is 0.895. The van der Waals surface area contributed by atoms with Gasteiger partial charge in [-0.25, -0.2) is 4.79 Å². The first-order valence-corrected chi connectivity index (χ1v) is 9.59. The highest BCUT2D eigenvalue weighted by Gasteiger charge is 2.12. The fourth-order valence-corrected chi connectivity index (χ4v) is 2.91. The van der Waals surface area contributed by atoms with Gasteiger partial charge in [0.15, 0.2) is 24.7 Å². The van der Waals surface area contributed by atoms with E-state index in [2.05, 4.69) is 21.2 Å². The minimum Gasteiger partial charge on any atom is -0.486 e. The first-order chi connectivity index (χ1) is 13.6. The number of halogens is 1. The number of carbonyl (C=O) groups is 2. The first-order valence-electron chi connectivity index (χ1n) is 8.79. The molecule has 0 fully saturated rings. The molecule has 2 aromatic rings. The van der Waals surface area contributed by atoms with Crippen LogP contribution in [0.1, 0.15) is 5.56 Å². The number of rotatable bonds is 8. The number of nitrogens with one attached hydrogen (secondary N) is 1. The molecule has 0 aliphatic carbocycles. The van der Waals surface area contributed by atoms with Crippen LogP contribution in [-0.4, -0.2) is 44.8 Å². The van der Waals surface area contributed by atoms with E-state index in [-0.39, 0.29) is 19.1 Å². The topological polar surface area (TPSA) is 83.1 Å². The van der Waals surface area contributed by atoms with E-state index in [4.69, 9.17) is 18.9 Å². The molecule has 7 nitrogen and oxygen atoms in total. The van der Waals surface area contributed by atoms with Gasteiger partial charge < -0.3 is 24.3 Å². The van der Waals surface area contributed by atoms with Crippen LogP contribution in [0.3, 0.4) is 0 Å². The number of ether oxygens (including phenoxy) is 4. The maximum Gasteiger partial charge on any atom is 0.344 e. The van der Waals surface area contributed by atoms with Crippen molar-refractivity contribution in [3.8, 4) is 17.2 Å². The third kappa shape index (κ3) is 6.16. The summed E-state index contributed by atoms with van der Waals surface area (Å²) in [5.74, 6) is 1.01. The van der Waals surface area contributed by atoms with Crippen molar-refractivity contribution in [2.45, 2.75) is 6.42 Å². The lowest BCUT2D eigenvalue weighted by molar-refractivity contribution is -0.150. The van der Waals surface area contributed by atoms with Crippen molar-refractivity contribution in [2.75, 3.05) is 33.0 Å². The minimum atomic E-state index is -0.609. The number of hydrogen-bond acceptors (Lipinski definition) is 6. The Morgan fingerprint density at radius 3 is 2.68 bits per heavy atom. The number of esters is 1. The van der Waals surface area contributed by atoms with Crippen molar-refractivity contribution in [1.29, 1.82) is 0 Å². The molecule has 3 rings (SSSR count). The molecule has 8 heteroatoms. The van der Waals surface area contributed by atoms with Gasteiger partial charge in [-0.1, -0.05) is 28.1 Å². The largest absolute Gasteiger partial charge is 0.486 e. The molecular formula is C20H20BrNO6.